The molecule has 0 atom stereocenters. The third kappa shape index (κ3) is 2.63. The molecule has 21 heavy (non-hydrogen) atoms. The van der Waals surface area contributed by atoms with Crippen molar-refractivity contribution in [2.24, 2.45) is 0 Å². The second-order valence-corrected chi connectivity index (χ2v) is 7.21. The van der Waals surface area contributed by atoms with Gasteiger partial charge < -0.3 is 16.5 Å². The van der Waals surface area contributed by atoms with Gasteiger partial charge in [0.2, 0.25) is 16.0 Å². The highest BCUT2D eigenvalue weighted by Crippen LogP contribution is 2.29. The van der Waals surface area contributed by atoms with E-state index in [1.165, 1.54) is 10.6 Å². The van der Waals surface area contributed by atoms with Crippen molar-refractivity contribution >= 4 is 33.0 Å². The molecule has 1 saturated heterocycles. The van der Waals surface area contributed by atoms with Crippen molar-refractivity contribution in [3.8, 4) is 0 Å². The van der Waals surface area contributed by atoms with Gasteiger partial charge in [0.1, 0.15) is 11.3 Å². The van der Waals surface area contributed by atoms with E-state index in [0.717, 1.165) is 5.82 Å². The van der Waals surface area contributed by atoms with E-state index in [1.807, 2.05) is 0 Å². The van der Waals surface area contributed by atoms with Crippen LogP contribution in [0.5, 0.6) is 0 Å². The lowest BCUT2D eigenvalue weighted by atomic mass is 9.97. The van der Waals surface area contributed by atoms with Gasteiger partial charge in [-0.1, -0.05) is 0 Å². The van der Waals surface area contributed by atoms with Crippen LogP contribution < -0.4 is 11.5 Å². The molecular formula is C11H17N7O2S. The van der Waals surface area contributed by atoms with Gasteiger partial charge in [-0.2, -0.15) is 9.97 Å². The number of aromatic amines is 1. The van der Waals surface area contributed by atoms with Gasteiger partial charge in [-0.15, -0.1) is 0 Å². The van der Waals surface area contributed by atoms with E-state index in [1.54, 1.807) is 0 Å². The van der Waals surface area contributed by atoms with Gasteiger partial charge in [0.15, 0.2) is 11.5 Å². The van der Waals surface area contributed by atoms with Crippen LogP contribution in [0.1, 0.15) is 24.6 Å². The van der Waals surface area contributed by atoms with Crippen molar-refractivity contribution in [2.45, 2.75) is 18.8 Å². The summed E-state index contributed by atoms with van der Waals surface area (Å²) >= 11 is 0. The Morgan fingerprint density at radius 3 is 2.48 bits per heavy atom. The van der Waals surface area contributed by atoms with Crippen molar-refractivity contribution in [1.82, 2.24) is 24.2 Å². The van der Waals surface area contributed by atoms with Gasteiger partial charge in [0.05, 0.1) is 6.26 Å². The van der Waals surface area contributed by atoms with Crippen molar-refractivity contribution in [3.05, 3.63) is 5.82 Å². The zero-order chi connectivity index (χ0) is 15.2. The summed E-state index contributed by atoms with van der Waals surface area (Å²) in [5.74, 6) is 1.26. The molecule has 9 nitrogen and oxygen atoms in total. The van der Waals surface area contributed by atoms with E-state index < -0.39 is 10.0 Å². The Labute approximate surface area is 121 Å². The molecule has 1 fully saturated rings. The standard InChI is InChI=1S/C11H17N7O2S/c1-21(19,20)18-4-2-6(3-5-18)9-14-7-8(12)15-11(13)17-10(7)16-9/h6H,2-5H2,1H3,(H5,12,13,14,15,16,17). The average Bonchev–Trinajstić information content (AvgIpc) is 2.82. The maximum atomic E-state index is 11.5. The van der Waals surface area contributed by atoms with E-state index in [9.17, 15) is 8.42 Å². The van der Waals surface area contributed by atoms with Crippen LogP contribution in [0.15, 0.2) is 0 Å². The number of nitrogen functional groups attached to an aromatic ring is 2. The van der Waals surface area contributed by atoms with Crippen molar-refractivity contribution in [2.75, 3.05) is 30.8 Å². The van der Waals surface area contributed by atoms with Crippen LogP contribution in [0, 0.1) is 0 Å². The molecule has 0 bridgehead atoms. The first-order chi connectivity index (χ1) is 9.84. The van der Waals surface area contributed by atoms with Crippen LogP contribution >= 0.6 is 0 Å². The molecule has 0 saturated carbocycles. The highest BCUT2D eigenvalue weighted by atomic mass is 32.2. The minimum Gasteiger partial charge on any atom is -0.382 e. The number of hydrogen-bond donors (Lipinski definition) is 3. The number of anilines is 2. The summed E-state index contributed by atoms with van der Waals surface area (Å²) in [6.45, 7) is 0.980. The normalized spacial score (nSPS) is 18.3. The first kappa shape index (κ1) is 14.0. The predicted molar refractivity (Wildman–Crippen MR) is 78.9 cm³/mol. The Bertz CT molecular complexity index is 777. The molecule has 5 N–H and O–H groups in total. The Balaban J connectivity index is 1.84. The smallest absolute Gasteiger partial charge is 0.224 e. The Hall–Kier alpha value is -1.94. The molecule has 114 valence electrons. The topological polar surface area (TPSA) is 144 Å². The van der Waals surface area contributed by atoms with Crippen LogP contribution in [0.2, 0.25) is 0 Å². The lowest BCUT2D eigenvalue weighted by Crippen LogP contribution is -2.37. The number of imidazole rings is 1. The monoisotopic (exact) mass is 311 g/mol. The molecule has 0 radical (unpaired) electrons. The summed E-state index contributed by atoms with van der Waals surface area (Å²) in [5, 5.41) is 0. The molecule has 1 aliphatic rings. The summed E-state index contributed by atoms with van der Waals surface area (Å²) in [7, 11) is -3.12. The molecule has 0 aliphatic carbocycles. The van der Waals surface area contributed by atoms with Crippen LogP contribution in [-0.2, 0) is 10.0 Å². The molecule has 2 aromatic heterocycles. The molecule has 0 aromatic carbocycles. The van der Waals surface area contributed by atoms with Crippen LogP contribution in [0.4, 0.5) is 11.8 Å². The maximum absolute atomic E-state index is 11.5. The minimum atomic E-state index is -3.12. The van der Waals surface area contributed by atoms with Gasteiger partial charge >= 0.3 is 0 Å². The molecule has 3 heterocycles. The van der Waals surface area contributed by atoms with Crippen LogP contribution in [0.25, 0.3) is 11.2 Å². The van der Waals surface area contributed by atoms with E-state index in [2.05, 4.69) is 19.9 Å². The zero-order valence-corrected chi connectivity index (χ0v) is 12.4. The molecule has 0 amide bonds. The number of H-pyrrole nitrogens is 1. The van der Waals surface area contributed by atoms with Gasteiger partial charge in [0.25, 0.3) is 0 Å². The number of hydrogen-bond acceptors (Lipinski definition) is 7. The minimum absolute atomic E-state index is 0.0879. The molecule has 0 spiro atoms. The number of nitrogens with one attached hydrogen (secondary N) is 1. The summed E-state index contributed by atoms with van der Waals surface area (Å²) in [6, 6.07) is 0. The molecule has 1 aliphatic heterocycles. The van der Waals surface area contributed by atoms with E-state index in [4.69, 9.17) is 11.5 Å². The summed E-state index contributed by atoms with van der Waals surface area (Å²) in [6.07, 6.45) is 2.64. The molecule has 2 aromatic rings. The van der Waals surface area contributed by atoms with Crippen molar-refractivity contribution in [3.63, 3.8) is 0 Å². The largest absolute Gasteiger partial charge is 0.382 e. The van der Waals surface area contributed by atoms with E-state index >= 15 is 0 Å². The molecule has 0 unspecified atom stereocenters. The summed E-state index contributed by atoms with van der Waals surface area (Å²) in [5.41, 5.74) is 12.4. The zero-order valence-electron chi connectivity index (χ0n) is 11.6. The average molecular weight is 311 g/mol. The third-order valence-electron chi connectivity index (χ3n) is 3.72. The number of piperidine rings is 1. The third-order valence-corrected chi connectivity index (χ3v) is 5.03. The highest BCUT2D eigenvalue weighted by Gasteiger charge is 2.27. The summed E-state index contributed by atoms with van der Waals surface area (Å²) in [4.78, 5) is 15.5. The van der Waals surface area contributed by atoms with Gasteiger partial charge in [-0.25, -0.2) is 17.7 Å². The highest BCUT2D eigenvalue weighted by molar-refractivity contribution is 7.88. The van der Waals surface area contributed by atoms with Gasteiger partial charge in [-0.3, -0.25) is 0 Å². The molecule has 10 heteroatoms. The second kappa shape index (κ2) is 4.81. The number of sulfonamides is 1. The van der Waals surface area contributed by atoms with E-state index in [-0.39, 0.29) is 17.7 Å². The number of fused-ring (bicyclic) bond motifs is 1. The fourth-order valence-corrected chi connectivity index (χ4v) is 3.48. The maximum Gasteiger partial charge on any atom is 0.224 e. The van der Waals surface area contributed by atoms with Gasteiger partial charge in [0, 0.05) is 19.0 Å². The summed E-state index contributed by atoms with van der Waals surface area (Å²) < 4.78 is 24.5. The number of nitrogens with zero attached hydrogens (tertiary/aromatic N) is 4. The predicted octanol–water partition coefficient (Wildman–Crippen LogP) is -0.344. The van der Waals surface area contributed by atoms with Crippen LogP contribution in [-0.4, -0.2) is 52.0 Å². The van der Waals surface area contributed by atoms with Crippen molar-refractivity contribution < 1.29 is 8.42 Å². The molecule has 3 rings (SSSR count). The first-order valence-corrected chi connectivity index (χ1v) is 8.43. The number of rotatable bonds is 2. The number of aromatic nitrogens is 4. The van der Waals surface area contributed by atoms with Crippen LogP contribution in [0.3, 0.4) is 0 Å². The molecular weight excluding hydrogens is 294 g/mol. The quantitative estimate of drug-likeness (QED) is 0.687. The number of nitrogens with two attached hydrogens (primary N) is 2. The lowest BCUT2D eigenvalue weighted by molar-refractivity contribution is 0.316. The lowest BCUT2D eigenvalue weighted by Gasteiger charge is -2.29. The Morgan fingerprint density at radius 1 is 1.19 bits per heavy atom. The Kier molecular flexibility index (Phi) is 3.21. The fraction of sp³-hybridized carbons (Fsp3) is 0.545. The SMILES string of the molecule is CS(=O)(=O)N1CCC(c2nc3nc(N)nc(N)c3[nH]2)CC1. The first-order valence-electron chi connectivity index (χ1n) is 6.58. The van der Waals surface area contributed by atoms with Crippen molar-refractivity contribution in [1.29, 1.82) is 0 Å². The van der Waals surface area contributed by atoms with E-state index in [0.29, 0.717) is 37.1 Å². The van der Waals surface area contributed by atoms with Gasteiger partial charge in [-0.05, 0) is 12.8 Å². The Morgan fingerprint density at radius 2 is 1.86 bits per heavy atom. The fourth-order valence-electron chi connectivity index (χ4n) is 2.61. The second-order valence-electron chi connectivity index (χ2n) is 5.22.